The highest BCUT2D eigenvalue weighted by Gasteiger charge is 2.39. The summed E-state index contributed by atoms with van der Waals surface area (Å²) in [7, 11) is 0. The van der Waals surface area contributed by atoms with Crippen molar-refractivity contribution in [3.63, 3.8) is 0 Å². The molecule has 0 saturated heterocycles. The number of hydrogen-bond donors (Lipinski definition) is 0. The van der Waals surface area contributed by atoms with Crippen LogP contribution in [0.25, 0.3) is 0 Å². The van der Waals surface area contributed by atoms with Crippen LogP contribution < -0.4 is 0 Å². The third-order valence-corrected chi connectivity index (χ3v) is 4.48. The summed E-state index contributed by atoms with van der Waals surface area (Å²) in [6, 6.07) is 0. The molecule has 0 radical (unpaired) electrons. The maximum absolute atomic E-state index is 2.48. The van der Waals surface area contributed by atoms with Gasteiger partial charge in [-0.1, -0.05) is 33.1 Å². The summed E-state index contributed by atoms with van der Waals surface area (Å²) in [6.07, 6.45) is 9.10. The molecule has 0 aromatic rings. The Morgan fingerprint density at radius 3 is 2.58 bits per heavy atom. The van der Waals surface area contributed by atoms with Crippen LogP contribution in [0.5, 0.6) is 0 Å². The van der Waals surface area contributed by atoms with Gasteiger partial charge in [0.2, 0.25) is 0 Å². The van der Waals surface area contributed by atoms with Crippen molar-refractivity contribution in [1.82, 2.24) is 0 Å². The highest BCUT2D eigenvalue weighted by Crippen LogP contribution is 2.49. The molecular weight excluding hydrogens is 144 g/mol. The van der Waals surface area contributed by atoms with Gasteiger partial charge < -0.3 is 0 Å². The Kier molecular flexibility index (Phi) is 2.43. The van der Waals surface area contributed by atoms with Gasteiger partial charge in [-0.2, -0.15) is 0 Å². The van der Waals surface area contributed by atoms with Crippen molar-refractivity contribution in [2.24, 2.45) is 23.7 Å². The van der Waals surface area contributed by atoms with Crippen LogP contribution in [0.2, 0.25) is 0 Å². The molecule has 0 heterocycles. The Morgan fingerprint density at radius 1 is 1.00 bits per heavy atom. The SMILES string of the molecule is CC[C@@H]1CCC2C1CCC[C@@H]2C. The van der Waals surface area contributed by atoms with E-state index < -0.39 is 0 Å². The van der Waals surface area contributed by atoms with E-state index in [1.165, 1.54) is 25.7 Å². The lowest BCUT2D eigenvalue weighted by Crippen LogP contribution is -2.25. The van der Waals surface area contributed by atoms with E-state index in [1.54, 1.807) is 12.8 Å². The van der Waals surface area contributed by atoms with E-state index in [9.17, 15) is 0 Å². The first-order chi connectivity index (χ1) is 5.83. The maximum atomic E-state index is 2.48. The average molecular weight is 166 g/mol. The number of rotatable bonds is 1. The normalized spacial score (nSPS) is 47.5. The number of fused-ring (bicyclic) bond motifs is 1. The van der Waals surface area contributed by atoms with E-state index in [1.807, 2.05) is 0 Å². The molecule has 0 aromatic heterocycles. The van der Waals surface area contributed by atoms with Crippen LogP contribution in [-0.4, -0.2) is 0 Å². The lowest BCUT2D eigenvalue weighted by Gasteiger charge is -2.33. The van der Waals surface area contributed by atoms with E-state index >= 15 is 0 Å². The lowest BCUT2D eigenvalue weighted by molar-refractivity contribution is 0.164. The molecule has 0 aliphatic heterocycles. The van der Waals surface area contributed by atoms with E-state index in [4.69, 9.17) is 0 Å². The molecule has 0 spiro atoms. The highest BCUT2D eigenvalue weighted by molar-refractivity contribution is 4.89. The Bertz CT molecular complexity index is 150. The van der Waals surface area contributed by atoms with Crippen molar-refractivity contribution in [3.8, 4) is 0 Å². The Balaban J connectivity index is 2.04. The van der Waals surface area contributed by atoms with Crippen molar-refractivity contribution < 1.29 is 0 Å². The van der Waals surface area contributed by atoms with Gasteiger partial charge in [0.05, 0.1) is 0 Å². The summed E-state index contributed by atoms with van der Waals surface area (Å²) in [5, 5.41) is 0. The maximum Gasteiger partial charge on any atom is -0.0355 e. The second kappa shape index (κ2) is 3.40. The lowest BCUT2D eigenvalue weighted by atomic mass is 9.72. The van der Waals surface area contributed by atoms with Gasteiger partial charge in [-0.15, -0.1) is 0 Å². The Labute approximate surface area is 76.7 Å². The van der Waals surface area contributed by atoms with E-state index in [0.29, 0.717) is 0 Å². The van der Waals surface area contributed by atoms with E-state index in [2.05, 4.69) is 13.8 Å². The third-order valence-electron chi connectivity index (χ3n) is 4.48. The van der Waals surface area contributed by atoms with Gasteiger partial charge >= 0.3 is 0 Å². The van der Waals surface area contributed by atoms with Gasteiger partial charge in [0, 0.05) is 0 Å². The van der Waals surface area contributed by atoms with E-state index in [0.717, 1.165) is 23.7 Å². The van der Waals surface area contributed by atoms with Crippen molar-refractivity contribution in [3.05, 3.63) is 0 Å². The Morgan fingerprint density at radius 2 is 1.83 bits per heavy atom. The highest BCUT2D eigenvalue weighted by atomic mass is 14.4. The molecule has 2 unspecified atom stereocenters. The molecule has 2 aliphatic carbocycles. The third kappa shape index (κ3) is 1.30. The number of hydrogen-bond acceptors (Lipinski definition) is 0. The van der Waals surface area contributed by atoms with Crippen LogP contribution in [0.3, 0.4) is 0 Å². The molecule has 4 atom stereocenters. The molecule has 2 aliphatic rings. The van der Waals surface area contributed by atoms with Gasteiger partial charge in [-0.05, 0) is 42.9 Å². The van der Waals surface area contributed by atoms with Gasteiger partial charge in [0.15, 0.2) is 0 Å². The zero-order chi connectivity index (χ0) is 8.55. The van der Waals surface area contributed by atoms with Crippen LogP contribution in [-0.2, 0) is 0 Å². The fourth-order valence-electron chi connectivity index (χ4n) is 3.74. The fraction of sp³-hybridized carbons (Fsp3) is 1.00. The van der Waals surface area contributed by atoms with Crippen LogP contribution in [0.4, 0.5) is 0 Å². The summed E-state index contributed by atoms with van der Waals surface area (Å²) in [5.74, 6) is 4.38. The summed E-state index contributed by atoms with van der Waals surface area (Å²) in [4.78, 5) is 0. The minimum absolute atomic E-state index is 1.04. The zero-order valence-corrected chi connectivity index (χ0v) is 8.55. The summed E-state index contributed by atoms with van der Waals surface area (Å²) in [6.45, 7) is 4.86. The first-order valence-corrected chi connectivity index (χ1v) is 5.83. The van der Waals surface area contributed by atoms with Crippen molar-refractivity contribution in [1.29, 1.82) is 0 Å². The molecule has 2 fully saturated rings. The molecule has 0 nitrogen and oxygen atoms in total. The van der Waals surface area contributed by atoms with Crippen LogP contribution in [0.1, 0.15) is 52.4 Å². The van der Waals surface area contributed by atoms with Crippen LogP contribution in [0, 0.1) is 23.7 Å². The topological polar surface area (TPSA) is 0 Å². The van der Waals surface area contributed by atoms with Crippen molar-refractivity contribution >= 4 is 0 Å². The monoisotopic (exact) mass is 166 g/mol. The van der Waals surface area contributed by atoms with Crippen molar-refractivity contribution in [2.75, 3.05) is 0 Å². The Hall–Kier alpha value is 0. The molecule has 0 heteroatoms. The first-order valence-electron chi connectivity index (χ1n) is 5.83. The predicted molar refractivity (Wildman–Crippen MR) is 53.0 cm³/mol. The minimum Gasteiger partial charge on any atom is -0.0651 e. The minimum atomic E-state index is 1.04. The summed E-state index contributed by atoms with van der Waals surface area (Å²) >= 11 is 0. The molecule has 0 aromatic carbocycles. The second-order valence-electron chi connectivity index (χ2n) is 4.98. The van der Waals surface area contributed by atoms with Crippen LogP contribution in [0.15, 0.2) is 0 Å². The average Bonchev–Trinajstić information content (AvgIpc) is 2.49. The molecule has 2 rings (SSSR count). The fourth-order valence-corrected chi connectivity index (χ4v) is 3.74. The van der Waals surface area contributed by atoms with E-state index in [-0.39, 0.29) is 0 Å². The predicted octanol–water partition coefficient (Wildman–Crippen LogP) is 3.86. The largest absolute Gasteiger partial charge is 0.0651 e. The van der Waals surface area contributed by atoms with Gasteiger partial charge in [-0.25, -0.2) is 0 Å². The van der Waals surface area contributed by atoms with Crippen LogP contribution >= 0.6 is 0 Å². The summed E-state index contributed by atoms with van der Waals surface area (Å²) in [5.41, 5.74) is 0. The molecule has 0 amide bonds. The first kappa shape index (κ1) is 8.59. The molecule has 12 heavy (non-hydrogen) atoms. The molecule has 0 bridgehead atoms. The van der Waals surface area contributed by atoms with Crippen molar-refractivity contribution in [2.45, 2.75) is 52.4 Å². The summed E-state index contributed by atoms with van der Waals surface area (Å²) < 4.78 is 0. The second-order valence-corrected chi connectivity index (χ2v) is 4.98. The molecule has 0 N–H and O–H groups in total. The quantitative estimate of drug-likeness (QED) is 0.555. The van der Waals surface area contributed by atoms with Gasteiger partial charge in [-0.3, -0.25) is 0 Å². The van der Waals surface area contributed by atoms with Gasteiger partial charge in [0.25, 0.3) is 0 Å². The molecular formula is C12H22. The smallest absolute Gasteiger partial charge is 0.0355 e. The standard InChI is InChI=1S/C12H22/c1-3-10-7-8-11-9(2)5-4-6-12(10)11/h9-12H,3-8H2,1-2H3/t9-,10+,11?,12?/m0/s1. The zero-order valence-electron chi connectivity index (χ0n) is 8.55. The molecule has 2 saturated carbocycles. The van der Waals surface area contributed by atoms with Gasteiger partial charge in [0.1, 0.15) is 0 Å². The molecule has 70 valence electrons.